The van der Waals surface area contributed by atoms with Crippen LogP contribution in [0.15, 0.2) is 90.5 Å². The average molecular weight is 425 g/mol. The number of carbonyl (C=O) groups excluding carboxylic acids is 2. The number of nitrogens with one attached hydrogen (secondary N) is 1. The summed E-state index contributed by atoms with van der Waals surface area (Å²) in [6.45, 7) is 1.43. The zero-order chi connectivity index (χ0) is 22.7. The molecule has 2 amide bonds. The maximum atomic E-state index is 13.4. The molecule has 0 bridgehead atoms. The Bertz CT molecular complexity index is 1240. The van der Waals surface area contributed by atoms with E-state index in [1.807, 2.05) is 30.3 Å². The zero-order valence-electron chi connectivity index (χ0n) is 17.2. The number of benzene rings is 3. The normalized spacial score (nSPS) is 14.4. The van der Waals surface area contributed by atoms with Crippen molar-refractivity contribution in [1.29, 1.82) is 0 Å². The molecular formula is C25H19N3O4. The second-order valence-corrected chi connectivity index (χ2v) is 7.21. The molecule has 1 aliphatic heterocycles. The molecule has 3 aromatic carbocycles. The van der Waals surface area contributed by atoms with Crippen LogP contribution in [-0.2, 0) is 9.59 Å². The number of nitrogens with zero attached hydrogens (tertiary/aromatic N) is 2. The largest absolute Gasteiger partial charge is 0.326 e. The number of hydrogen-bond acceptors (Lipinski definition) is 4. The van der Waals surface area contributed by atoms with E-state index in [2.05, 4.69) is 5.32 Å². The predicted octanol–water partition coefficient (Wildman–Crippen LogP) is 5.02. The maximum absolute atomic E-state index is 13.4. The van der Waals surface area contributed by atoms with Gasteiger partial charge in [-0.05, 0) is 59.7 Å². The van der Waals surface area contributed by atoms with Gasteiger partial charge in [0.2, 0.25) is 5.91 Å². The van der Waals surface area contributed by atoms with Crippen molar-refractivity contribution in [3.05, 3.63) is 112 Å². The fourth-order valence-corrected chi connectivity index (χ4v) is 3.46. The minimum atomic E-state index is -0.461. The molecule has 3 aromatic rings. The van der Waals surface area contributed by atoms with Gasteiger partial charge in [-0.25, -0.2) is 0 Å². The topological polar surface area (TPSA) is 92.6 Å². The highest BCUT2D eigenvalue weighted by molar-refractivity contribution is 6.23. The first-order valence-corrected chi connectivity index (χ1v) is 9.88. The van der Waals surface area contributed by atoms with E-state index in [1.54, 1.807) is 53.5 Å². The Labute approximate surface area is 184 Å². The van der Waals surface area contributed by atoms with Crippen molar-refractivity contribution in [3.8, 4) is 0 Å². The molecule has 0 saturated carbocycles. The first-order chi connectivity index (χ1) is 15.4. The van der Waals surface area contributed by atoms with Crippen LogP contribution < -0.4 is 10.2 Å². The number of nitro groups is 1. The van der Waals surface area contributed by atoms with Gasteiger partial charge in [0, 0.05) is 36.0 Å². The summed E-state index contributed by atoms with van der Waals surface area (Å²) < 4.78 is 0. The van der Waals surface area contributed by atoms with Gasteiger partial charge in [0.05, 0.1) is 10.6 Å². The van der Waals surface area contributed by atoms with Crippen LogP contribution in [0, 0.1) is 10.1 Å². The fourth-order valence-electron chi connectivity index (χ4n) is 3.46. The summed E-state index contributed by atoms with van der Waals surface area (Å²) in [7, 11) is 0. The van der Waals surface area contributed by atoms with Crippen LogP contribution in [0.1, 0.15) is 18.1 Å². The lowest BCUT2D eigenvalue weighted by molar-refractivity contribution is -0.384. The van der Waals surface area contributed by atoms with Gasteiger partial charge in [-0.2, -0.15) is 0 Å². The van der Waals surface area contributed by atoms with Crippen LogP contribution in [0.2, 0.25) is 0 Å². The summed E-state index contributed by atoms with van der Waals surface area (Å²) in [5.74, 6) is -0.386. The fraction of sp³-hybridized carbons (Fsp3) is 0.0400. The zero-order valence-corrected chi connectivity index (χ0v) is 17.2. The van der Waals surface area contributed by atoms with Gasteiger partial charge in [-0.3, -0.25) is 24.6 Å². The lowest BCUT2D eigenvalue weighted by atomic mass is 10.1. The number of carbonyl (C=O) groups is 2. The molecule has 0 aliphatic carbocycles. The average Bonchev–Trinajstić information content (AvgIpc) is 3.11. The lowest BCUT2D eigenvalue weighted by Gasteiger charge is -2.21. The standard InChI is InChI=1S/C25H19N3O4/c1-17(29)26-21-9-13-22(14-10-21)27-24(19-5-3-2-4-6-19)16-20(25(27)30)15-18-7-11-23(12-8-18)28(31)32/h2-16H,1H3,(H,26,29)/b20-15+. The van der Waals surface area contributed by atoms with E-state index in [4.69, 9.17) is 0 Å². The van der Waals surface area contributed by atoms with Gasteiger partial charge < -0.3 is 5.32 Å². The van der Waals surface area contributed by atoms with Crippen LogP contribution in [0.5, 0.6) is 0 Å². The molecule has 158 valence electrons. The van der Waals surface area contributed by atoms with E-state index >= 15 is 0 Å². The first kappa shape index (κ1) is 20.7. The SMILES string of the molecule is CC(=O)Nc1ccc(N2C(=O)/C(=C/c3ccc([N+](=O)[O-])cc3)C=C2c2ccccc2)cc1. The smallest absolute Gasteiger partial charge is 0.269 e. The Morgan fingerprint density at radius 3 is 2.22 bits per heavy atom. The van der Waals surface area contributed by atoms with Crippen molar-refractivity contribution in [1.82, 2.24) is 0 Å². The van der Waals surface area contributed by atoms with Crippen LogP contribution >= 0.6 is 0 Å². The van der Waals surface area contributed by atoms with Crippen molar-refractivity contribution < 1.29 is 14.5 Å². The highest BCUT2D eigenvalue weighted by Gasteiger charge is 2.30. The molecule has 7 heteroatoms. The molecule has 0 unspecified atom stereocenters. The highest BCUT2D eigenvalue weighted by atomic mass is 16.6. The monoisotopic (exact) mass is 425 g/mol. The maximum Gasteiger partial charge on any atom is 0.269 e. The van der Waals surface area contributed by atoms with Crippen LogP contribution in [-0.4, -0.2) is 16.7 Å². The number of amides is 2. The van der Waals surface area contributed by atoms with E-state index in [-0.39, 0.29) is 17.5 Å². The summed E-state index contributed by atoms with van der Waals surface area (Å²) >= 11 is 0. The van der Waals surface area contributed by atoms with Crippen LogP contribution in [0.25, 0.3) is 11.8 Å². The Kier molecular flexibility index (Phi) is 5.63. The second kappa shape index (κ2) is 8.69. The lowest BCUT2D eigenvalue weighted by Crippen LogP contribution is -2.25. The van der Waals surface area contributed by atoms with Gasteiger partial charge in [0.1, 0.15) is 0 Å². The molecule has 7 nitrogen and oxygen atoms in total. The molecular weight excluding hydrogens is 406 g/mol. The molecule has 0 atom stereocenters. The molecule has 1 N–H and O–H groups in total. The van der Waals surface area contributed by atoms with Crippen LogP contribution in [0.4, 0.5) is 17.1 Å². The van der Waals surface area contributed by atoms with E-state index in [9.17, 15) is 19.7 Å². The van der Waals surface area contributed by atoms with Crippen molar-refractivity contribution in [3.63, 3.8) is 0 Å². The Balaban J connectivity index is 1.73. The van der Waals surface area contributed by atoms with Gasteiger partial charge in [-0.1, -0.05) is 30.3 Å². The molecule has 0 aromatic heterocycles. The number of non-ortho nitro benzene ring substituents is 1. The quantitative estimate of drug-likeness (QED) is 0.353. The first-order valence-electron chi connectivity index (χ1n) is 9.88. The number of anilines is 2. The number of rotatable bonds is 5. The molecule has 0 saturated heterocycles. The molecule has 0 radical (unpaired) electrons. The Morgan fingerprint density at radius 1 is 0.969 bits per heavy atom. The molecule has 4 rings (SSSR count). The molecule has 1 heterocycles. The van der Waals surface area contributed by atoms with Crippen molar-refractivity contribution in [2.45, 2.75) is 6.92 Å². The van der Waals surface area contributed by atoms with Gasteiger partial charge >= 0.3 is 0 Å². The van der Waals surface area contributed by atoms with Crippen molar-refractivity contribution in [2.24, 2.45) is 0 Å². The minimum absolute atomic E-state index is 0.00805. The molecule has 0 spiro atoms. The van der Waals surface area contributed by atoms with E-state index < -0.39 is 4.92 Å². The van der Waals surface area contributed by atoms with Gasteiger partial charge in [0.25, 0.3) is 11.6 Å². The number of hydrogen-bond donors (Lipinski definition) is 1. The third kappa shape index (κ3) is 4.32. The van der Waals surface area contributed by atoms with Crippen LogP contribution in [0.3, 0.4) is 0 Å². The van der Waals surface area contributed by atoms with E-state index in [0.29, 0.717) is 22.5 Å². The summed E-state index contributed by atoms with van der Waals surface area (Å²) in [5, 5.41) is 13.6. The Morgan fingerprint density at radius 2 is 1.62 bits per heavy atom. The molecule has 1 aliphatic rings. The third-order valence-electron chi connectivity index (χ3n) is 4.92. The summed E-state index contributed by atoms with van der Waals surface area (Å²) in [4.78, 5) is 36.7. The van der Waals surface area contributed by atoms with E-state index in [0.717, 1.165) is 11.3 Å². The third-order valence-corrected chi connectivity index (χ3v) is 4.92. The molecule has 32 heavy (non-hydrogen) atoms. The second-order valence-electron chi connectivity index (χ2n) is 7.21. The highest BCUT2D eigenvalue weighted by Crippen LogP contribution is 2.35. The van der Waals surface area contributed by atoms with E-state index in [1.165, 1.54) is 19.1 Å². The van der Waals surface area contributed by atoms with Crippen molar-refractivity contribution >= 4 is 40.6 Å². The van der Waals surface area contributed by atoms with Crippen molar-refractivity contribution in [2.75, 3.05) is 10.2 Å². The summed E-state index contributed by atoms with van der Waals surface area (Å²) in [6.07, 6.45) is 3.52. The summed E-state index contributed by atoms with van der Waals surface area (Å²) in [5.41, 5.74) is 4.03. The van der Waals surface area contributed by atoms with Gasteiger partial charge in [-0.15, -0.1) is 0 Å². The van der Waals surface area contributed by atoms with Gasteiger partial charge in [0.15, 0.2) is 0 Å². The molecule has 0 fully saturated rings. The minimum Gasteiger partial charge on any atom is -0.326 e. The number of nitro benzene ring substituents is 1. The summed E-state index contributed by atoms with van der Waals surface area (Å²) in [6, 6.07) is 22.6. The predicted molar refractivity (Wildman–Crippen MR) is 124 cm³/mol. The Hall–Kier alpha value is -4.52.